The Balaban J connectivity index is 1.46. The molecule has 2 aliphatic heterocycles. The summed E-state index contributed by atoms with van der Waals surface area (Å²) in [5.74, 6) is -0.638. The van der Waals surface area contributed by atoms with E-state index in [1.807, 2.05) is 13.8 Å². The first kappa shape index (κ1) is 16.3. The lowest BCUT2D eigenvalue weighted by molar-refractivity contribution is -0.384. The van der Waals surface area contributed by atoms with Crippen LogP contribution in [0.15, 0.2) is 34.6 Å². The molecule has 2 aliphatic carbocycles. The molecule has 4 aliphatic rings. The number of anilines is 1. The summed E-state index contributed by atoms with van der Waals surface area (Å²) in [6.45, 7) is 3.73. The number of amides is 2. The second-order valence-corrected chi connectivity index (χ2v) is 8.06. The maximum atomic E-state index is 12.9. The number of benzene rings is 1. The maximum Gasteiger partial charge on any atom is 0.269 e. The number of nitro benzene ring substituents is 1. The molecule has 0 spiro atoms. The molecule has 9 heteroatoms. The highest BCUT2D eigenvalue weighted by molar-refractivity contribution is 6.06. The van der Waals surface area contributed by atoms with E-state index in [1.165, 1.54) is 17.0 Å². The van der Waals surface area contributed by atoms with Crippen molar-refractivity contribution in [2.75, 3.05) is 5.01 Å². The van der Waals surface area contributed by atoms with Gasteiger partial charge in [-0.2, -0.15) is 5.11 Å². The quantitative estimate of drug-likeness (QED) is 0.461. The number of fused-ring (bicyclic) bond motifs is 8. The summed E-state index contributed by atoms with van der Waals surface area (Å²) in [6, 6.07) is 5.90. The molecule has 1 saturated heterocycles. The number of carbonyl (C=O) groups is 2. The highest BCUT2D eigenvalue weighted by Crippen LogP contribution is 2.60. The Labute approximate surface area is 155 Å². The predicted octanol–water partition coefficient (Wildman–Crippen LogP) is 2.18. The first-order valence-electron chi connectivity index (χ1n) is 9.21. The summed E-state index contributed by atoms with van der Waals surface area (Å²) in [5.41, 5.74) is 0.738. The van der Waals surface area contributed by atoms with Crippen LogP contribution >= 0.6 is 0 Å². The molecule has 0 N–H and O–H groups in total. The van der Waals surface area contributed by atoms with Crippen LogP contribution in [0.3, 0.4) is 0 Å². The molecule has 2 bridgehead atoms. The molecule has 5 rings (SSSR count). The van der Waals surface area contributed by atoms with Crippen molar-refractivity contribution < 1.29 is 14.5 Å². The van der Waals surface area contributed by atoms with Crippen molar-refractivity contribution >= 4 is 23.2 Å². The van der Waals surface area contributed by atoms with Gasteiger partial charge in [0.1, 0.15) is 0 Å². The van der Waals surface area contributed by atoms with Gasteiger partial charge >= 0.3 is 0 Å². The van der Waals surface area contributed by atoms with Crippen molar-refractivity contribution in [3.05, 3.63) is 34.4 Å². The molecule has 2 heterocycles. The normalized spacial score (nSPS) is 36.1. The fourth-order valence-corrected chi connectivity index (χ4v) is 5.57. The van der Waals surface area contributed by atoms with E-state index < -0.39 is 4.92 Å². The second-order valence-electron chi connectivity index (χ2n) is 8.06. The number of nitrogens with zero attached hydrogens (tertiary/aromatic N) is 5. The van der Waals surface area contributed by atoms with E-state index in [0.717, 1.165) is 12.1 Å². The van der Waals surface area contributed by atoms with Crippen LogP contribution in [0.1, 0.15) is 20.3 Å². The number of hydrogen-bond acceptors (Lipinski definition) is 7. The third-order valence-electron chi connectivity index (χ3n) is 6.53. The fraction of sp³-hybridized carbons (Fsp3) is 0.556. The predicted molar refractivity (Wildman–Crippen MR) is 93.6 cm³/mol. The molecule has 0 unspecified atom stereocenters. The Morgan fingerprint density at radius 1 is 1.11 bits per heavy atom. The molecule has 27 heavy (non-hydrogen) atoms. The molecule has 1 aromatic rings. The summed E-state index contributed by atoms with van der Waals surface area (Å²) < 4.78 is 0. The minimum atomic E-state index is -0.441. The maximum absolute atomic E-state index is 12.9. The minimum Gasteiger partial charge on any atom is -0.280 e. The zero-order chi connectivity index (χ0) is 19.0. The van der Waals surface area contributed by atoms with Gasteiger partial charge in [0, 0.05) is 18.2 Å². The van der Waals surface area contributed by atoms with Crippen LogP contribution in [0.4, 0.5) is 11.4 Å². The number of imide groups is 1. The number of rotatable bonds is 3. The molecule has 9 nitrogen and oxygen atoms in total. The van der Waals surface area contributed by atoms with Crippen LogP contribution < -0.4 is 5.01 Å². The van der Waals surface area contributed by atoms with Crippen molar-refractivity contribution in [2.24, 2.45) is 34.0 Å². The van der Waals surface area contributed by atoms with Gasteiger partial charge in [0.25, 0.3) is 5.69 Å². The van der Waals surface area contributed by atoms with Gasteiger partial charge in [0.05, 0.1) is 34.5 Å². The number of carbonyl (C=O) groups excluding carboxylic acids is 2. The first-order chi connectivity index (χ1) is 12.9. The van der Waals surface area contributed by atoms with Crippen molar-refractivity contribution in [1.82, 2.24) is 4.90 Å². The molecule has 1 aromatic carbocycles. The van der Waals surface area contributed by atoms with Crippen LogP contribution in [0.5, 0.6) is 0 Å². The number of hydrogen-bond donors (Lipinski definition) is 0. The van der Waals surface area contributed by atoms with Crippen molar-refractivity contribution in [2.45, 2.75) is 38.4 Å². The van der Waals surface area contributed by atoms with Gasteiger partial charge in [0.15, 0.2) is 0 Å². The van der Waals surface area contributed by atoms with E-state index in [0.29, 0.717) is 0 Å². The molecule has 0 radical (unpaired) electrons. The van der Waals surface area contributed by atoms with Crippen LogP contribution in [0, 0.1) is 33.8 Å². The summed E-state index contributed by atoms with van der Waals surface area (Å²) >= 11 is 0. The zero-order valence-electron chi connectivity index (χ0n) is 14.9. The van der Waals surface area contributed by atoms with E-state index in [2.05, 4.69) is 10.3 Å². The fourth-order valence-electron chi connectivity index (χ4n) is 5.57. The van der Waals surface area contributed by atoms with E-state index in [-0.39, 0.29) is 59.3 Å². The van der Waals surface area contributed by atoms with Gasteiger partial charge in [-0.25, -0.2) is 5.01 Å². The van der Waals surface area contributed by atoms with Gasteiger partial charge in [-0.3, -0.25) is 24.6 Å². The summed E-state index contributed by atoms with van der Waals surface area (Å²) in [7, 11) is 0. The van der Waals surface area contributed by atoms with E-state index in [9.17, 15) is 19.7 Å². The average molecular weight is 369 g/mol. The highest BCUT2D eigenvalue weighted by Gasteiger charge is 2.70. The Morgan fingerprint density at radius 3 is 2.33 bits per heavy atom. The Morgan fingerprint density at radius 2 is 1.74 bits per heavy atom. The number of nitro groups is 1. The minimum absolute atomic E-state index is 0.0172. The van der Waals surface area contributed by atoms with E-state index >= 15 is 0 Å². The van der Waals surface area contributed by atoms with Gasteiger partial charge in [-0.15, -0.1) is 0 Å². The number of non-ortho nitro benzene ring substituents is 1. The highest BCUT2D eigenvalue weighted by atomic mass is 16.6. The molecular weight excluding hydrogens is 350 g/mol. The van der Waals surface area contributed by atoms with Gasteiger partial charge in [0.2, 0.25) is 11.8 Å². The second kappa shape index (κ2) is 5.34. The van der Waals surface area contributed by atoms with Crippen molar-refractivity contribution in [1.29, 1.82) is 0 Å². The smallest absolute Gasteiger partial charge is 0.269 e. The lowest BCUT2D eigenvalue weighted by atomic mass is 9.76. The Kier molecular flexibility index (Phi) is 3.23. The molecule has 0 aromatic heterocycles. The lowest BCUT2D eigenvalue weighted by Crippen LogP contribution is -2.47. The first-order valence-corrected chi connectivity index (χ1v) is 9.21. The largest absolute Gasteiger partial charge is 0.280 e. The van der Waals surface area contributed by atoms with E-state index in [1.54, 1.807) is 17.1 Å². The van der Waals surface area contributed by atoms with Crippen LogP contribution in [0.2, 0.25) is 0 Å². The topological polar surface area (TPSA) is 108 Å². The van der Waals surface area contributed by atoms with Crippen LogP contribution in [-0.2, 0) is 9.59 Å². The standard InChI is InChI=1S/C18H19N5O4/c1-8(2)21-17(24)13-11-7-12(14(13)18(21)25)16-15(11)19-20-22(16)9-3-5-10(6-4-9)23(26)27/h3-6,8,11-16H,7H2,1-2H3/t11-,12-,13-,14-,15+,16+/m0/s1. The van der Waals surface area contributed by atoms with Gasteiger partial charge in [-0.05, 0) is 44.2 Å². The average Bonchev–Trinajstić information content (AvgIpc) is 3.35. The molecule has 140 valence electrons. The summed E-state index contributed by atoms with van der Waals surface area (Å²) in [6.07, 6.45) is 0.802. The van der Waals surface area contributed by atoms with Crippen molar-refractivity contribution in [3.63, 3.8) is 0 Å². The molecule has 2 saturated carbocycles. The van der Waals surface area contributed by atoms with Gasteiger partial charge < -0.3 is 0 Å². The Hall–Kier alpha value is -2.84. The Bertz CT molecular complexity index is 882. The summed E-state index contributed by atoms with van der Waals surface area (Å²) in [4.78, 5) is 37.6. The SMILES string of the molecule is CC(C)N1C(=O)[C@H]2[C@@H]3C[C@@H]([C@@H]2C1=O)[C@@H]1[C@@H]3N=NN1c1ccc([N+](=O)[O-])cc1. The third-order valence-corrected chi connectivity index (χ3v) is 6.53. The third kappa shape index (κ3) is 1.99. The van der Waals surface area contributed by atoms with Crippen LogP contribution in [-0.4, -0.2) is 39.8 Å². The molecule has 2 amide bonds. The van der Waals surface area contributed by atoms with Crippen LogP contribution in [0.25, 0.3) is 0 Å². The van der Waals surface area contributed by atoms with Crippen molar-refractivity contribution in [3.8, 4) is 0 Å². The molecule has 6 atom stereocenters. The number of likely N-dealkylation sites (tertiary alicyclic amines) is 1. The zero-order valence-corrected chi connectivity index (χ0v) is 14.9. The monoisotopic (exact) mass is 369 g/mol. The van der Waals surface area contributed by atoms with Gasteiger partial charge in [-0.1, -0.05) is 5.22 Å². The molecular formula is C18H19N5O4. The van der Waals surface area contributed by atoms with E-state index in [4.69, 9.17) is 0 Å². The summed E-state index contributed by atoms with van der Waals surface area (Å²) in [5, 5.41) is 21.4. The molecule has 3 fully saturated rings. The lowest BCUT2D eigenvalue weighted by Gasteiger charge is -2.33.